The molecule has 0 fully saturated rings. The predicted molar refractivity (Wildman–Crippen MR) is 75.1 cm³/mol. The van der Waals surface area contributed by atoms with Crippen molar-refractivity contribution in [3.63, 3.8) is 0 Å². The van der Waals surface area contributed by atoms with E-state index in [0.717, 1.165) is 22.4 Å². The molecule has 5 nitrogen and oxygen atoms in total. The van der Waals surface area contributed by atoms with Gasteiger partial charge in [0.1, 0.15) is 12.1 Å². The van der Waals surface area contributed by atoms with E-state index in [-0.39, 0.29) is 5.69 Å². The first kappa shape index (κ1) is 14.0. The third kappa shape index (κ3) is 2.77. The number of aromatic nitrogens is 2. The van der Waals surface area contributed by atoms with Crippen molar-refractivity contribution in [2.75, 3.05) is 6.61 Å². The molecule has 1 aromatic heterocycles. The zero-order chi connectivity index (χ0) is 14.7. The summed E-state index contributed by atoms with van der Waals surface area (Å²) in [6.07, 6.45) is 1.27. The fraction of sp³-hybridized carbons (Fsp3) is 0.267. The van der Waals surface area contributed by atoms with Crippen LogP contribution in [0.4, 0.5) is 0 Å². The zero-order valence-corrected chi connectivity index (χ0v) is 11.7. The topological polar surface area (TPSA) is 72.3 Å². The van der Waals surface area contributed by atoms with Crippen LogP contribution in [-0.2, 0) is 0 Å². The van der Waals surface area contributed by atoms with Crippen LogP contribution in [0.15, 0.2) is 24.5 Å². The molecular weight excluding hydrogens is 256 g/mol. The van der Waals surface area contributed by atoms with Crippen LogP contribution >= 0.6 is 0 Å². The van der Waals surface area contributed by atoms with Crippen LogP contribution in [0.1, 0.15) is 28.5 Å². The molecule has 2 rings (SSSR count). The van der Waals surface area contributed by atoms with Gasteiger partial charge in [-0.15, -0.1) is 0 Å². The lowest BCUT2D eigenvalue weighted by Crippen LogP contribution is -2.02. The summed E-state index contributed by atoms with van der Waals surface area (Å²) in [6, 6.07) is 5.37. The van der Waals surface area contributed by atoms with Gasteiger partial charge < -0.3 is 9.84 Å². The van der Waals surface area contributed by atoms with Gasteiger partial charge in [0.05, 0.1) is 12.3 Å². The summed E-state index contributed by atoms with van der Waals surface area (Å²) in [5, 5.41) is 8.98. The van der Waals surface area contributed by atoms with Gasteiger partial charge in [0.25, 0.3) is 0 Å². The zero-order valence-electron chi connectivity index (χ0n) is 11.7. The predicted octanol–water partition coefficient (Wildman–Crippen LogP) is 2.86. The molecule has 1 aromatic carbocycles. The van der Waals surface area contributed by atoms with E-state index in [0.29, 0.717) is 12.3 Å². The minimum absolute atomic E-state index is 0.0130. The molecule has 0 radical (unpaired) electrons. The number of nitrogens with zero attached hydrogens (tertiary/aromatic N) is 2. The summed E-state index contributed by atoms with van der Waals surface area (Å²) >= 11 is 0. The molecule has 0 aliphatic heterocycles. The van der Waals surface area contributed by atoms with Crippen molar-refractivity contribution in [3.05, 3.63) is 41.3 Å². The SMILES string of the molecule is CCOc1cc(C)c(-c2cc(C(=O)O)ncn2)cc1C. The first-order chi connectivity index (χ1) is 9.52. The Labute approximate surface area is 117 Å². The molecule has 0 aliphatic rings. The average molecular weight is 272 g/mol. The second kappa shape index (κ2) is 5.69. The maximum Gasteiger partial charge on any atom is 0.354 e. The van der Waals surface area contributed by atoms with Crippen LogP contribution in [-0.4, -0.2) is 27.7 Å². The van der Waals surface area contributed by atoms with Crippen molar-refractivity contribution in [1.29, 1.82) is 0 Å². The highest BCUT2D eigenvalue weighted by Gasteiger charge is 2.11. The monoisotopic (exact) mass is 272 g/mol. The average Bonchev–Trinajstić information content (AvgIpc) is 2.43. The minimum atomic E-state index is -1.06. The summed E-state index contributed by atoms with van der Waals surface area (Å²) in [6.45, 7) is 6.44. The summed E-state index contributed by atoms with van der Waals surface area (Å²) in [7, 11) is 0. The Hall–Kier alpha value is -2.43. The summed E-state index contributed by atoms with van der Waals surface area (Å²) in [5.41, 5.74) is 3.44. The Bertz CT molecular complexity index is 654. The lowest BCUT2D eigenvalue weighted by atomic mass is 10.0. The highest BCUT2D eigenvalue weighted by molar-refractivity contribution is 5.86. The molecule has 20 heavy (non-hydrogen) atoms. The van der Waals surface area contributed by atoms with Gasteiger partial charge in [-0.3, -0.25) is 0 Å². The van der Waals surface area contributed by atoms with E-state index in [1.54, 1.807) is 0 Å². The smallest absolute Gasteiger partial charge is 0.354 e. The second-order valence-corrected chi connectivity index (χ2v) is 4.46. The van der Waals surface area contributed by atoms with E-state index < -0.39 is 5.97 Å². The van der Waals surface area contributed by atoms with Crippen LogP contribution in [0.25, 0.3) is 11.3 Å². The number of carboxylic acids is 1. The Morgan fingerprint density at radius 1 is 1.20 bits per heavy atom. The molecule has 0 unspecified atom stereocenters. The van der Waals surface area contributed by atoms with E-state index in [1.165, 1.54) is 12.4 Å². The van der Waals surface area contributed by atoms with E-state index in [2.05, 4.69) is 9.97 Å². The molecule has 0 bridgehead atoms. The molecule has 5 heteroatoms. The van der Waals surface area contributed by atoms with Gasteiger partial charge in [-0.1, -0.05) is 0 Å². The highest BCUT2D eigenvalue weighted by Crippen LogP contribution is 2.29. The molecule has 0 aliphatic carbocycles. The van der Waals surface area contributed by atoms with E-state index in [9.17, 15) is 4.79 Å². The second-order valence-electron chi connectivity index (χ2n) is 4.46. The van der Waals surface area contributed by atoms with E-state index in [1.807, 2.05) is 32.9 Å². The number of carboxylic acid groups (broad SMARTS) is 1. The summed E-state index contributed by atoms with van der Waals surface area (Å²) < 4.78 is 5.54. The normalized spacial score (nSPS) is 10.3. The van der Waals surface area contributed by atoms with Crippen LogP contribution in [0.2, 0.25) is 0 Å². The standard InChI is InChI=1S/C15H16N2O3/c1-4-20-14-6-9(2)11(5-10(14)3)12-7-13(15(18)19)17-8-16-12/h5-8H,4H2,1-3H3,(H,18,19). The third-order valence-electron chi connectivity index (χ3n) is 2.98. The van der Waals surface area contributed by atoms with Crippen molar-refractivity contribution in [2.24, 2.45) is 0 Å². The van der Waals surface area contributed by atoms with Gasteiger partial charge in [-0.05, 0) is 50.1 Å². The van der Waals surface area contributed by atoms with Gasteiger partial charge in [-0.2, -0.15) is 0 Å². The van der Waals surface area contributed by atoms with Crippen molar-refractivity contribution >= 4 is 5.97 Å². The van der Waals surface area contributed by atoms with Crippen molar-refractivity contribution in [2.45, 2.75) is 20.8 Å². The van der Waals surface area contributed by atoms with Gasteiger partial charge in [-0.25, -0.2) is 14.8 Å². The van der Waals surface area contributed by atoms with Crippen molar-refractivity contribution < 1.29 is 14.6 Å². The summed E-state index contributed by atoms with van der Waals surface area (Å²) in [4.78, 5) is 18.8. The first-order valence-electron chi connectivity index (χ1n) is 6.32. The highest BCUT2D eigenvalue weighted by atomic mass is 16.5. The van der Waals surface area contributed by atoms with Gasteiger partial charge in [0.2, 0.25) is 0 Å². The van der Waals surface area contributed by atoms with Gasteiger partial charge in [0, 0.05) is 5.56 Å². The Balaban J connectivity index is 2.50. The molecule has 0 saturated carbocycles. The molecule has 0 spiro atoms. The quantitative estimate of drug-likeness (QED) is 0.926. The van der Waals surface area contributed by atoms with Crippen LogP contribution in [0, 0.1) is 13.8 Å². The third-order valence-corrected chi connectivity index (χ3v) is 2.98. The largest absolute Gasteiger partial charge is 0.494 e. The van der Waals surface area contributed by atoms with Crippen LogP contribution in [0.5, 0.6) is 5.75 Å². The Kier molecular flexibility index (Phi) is 3.98. The number of aryl methyl sites for hydroxylation is 2. The van der Waals surface area contributed by atoms with Crippen molar-refractivity contribution in [3.8, 4) is 17.0 Å². The Morgan fingerprint density at radius 3 is 2.60 bits per heavy atom. The van der Waals surface area contributed by atoms with E-state index >= 15 is 0 Å². The molecule has 1 heterocycles. The maximum absolute atomic E-state index is 11.0. The number of carbonyl (C=O) groups is 1. The molecule has 1 N–H and O–H groups in total. The molecule has 0 amide bonds. The first-order valence-corrected chi connectivity index (χ1v) is 6.32. The van der Waals surface area contributed by atoms with Crippen molar-refractivity contribution in [1.82, 2.24) is 9.97 Å². The lowest BCUT2D eigenvalue weighted by Gasteiger charge is -2.12. The van der Waals surface area contributed by atoms with Crippen LogP contribution < -0.4 is 4.74 Å². The van der Waals surface area contributed by atoms with E-state index in [4.69, 9.17) is 9.84 Å². The number of aromatic carboxylic acids is 1. The molecular formula is C15H16N2O3. The number of rotatable bonds is 4. The molecule has 104 valence electrons. The number of ether oxygens (including phenoxy) is 1. The lowest BCUT2D eigenvalue weighted by molar-refractivity contribution is 0.0690. The minimum Gasteiger partial charge on any atom is -0.494 e. The van der Waals surface area contributed by atoms with Crippen LogP contribution in [0.3, 0.4) is 0 Å². The number of hydrogen-bond donors (Lipinski definition) is 1. The maximum atomic E-state index is 11.0. The summed E-state index contributed by atoms with van der Waals surface area (Å²) in [5.74, 6) is -0.227. The molecule has 0 atom stereocenters. The van der Waals surface area contributed by atoms with Gasteiger partial charge >= 0.3 is 5.97 Å². The van der Waals surface area contributed by atoms with Gasteiger partial charge in [0.15, 0.2) is 5.69 Å². The number of hydrogen-bond acceptors (Lipinski definition) is 4. The molecule has 0 saturated heterocycles. The molecule has 2 aromatic rings. The fourth-order valence-corrected chi connectivity index (χ4v) is 2.00. The number of benzene rings is 1. The fourth-order valence-electron chi connectivity index (χ4n) is 2.00. The Morgan fingerprint density at radius 2 is 1.95 bits per heavy atom.